The first kappa shape index (κ1) is 10.9. The highest BCUT2D eigenvalue weighted by Gasteiger charge is 2.72. The molecule has 18 heavy (non-hydrogen) atoms. The SMILES string of the molecule is CCOC1=CC(=O)O[C@]23[C@H]1CC[C@H]2[C@@H]1CCC[C@@H]13. The summed E-state index contributed by atoms with van der Waals surface area (Å²) in [6, 6.07) is 0. The van der Waals surface area contributed by atoms with E-state index in [1.165, 1.54) is 25.7 Å². The van der Waals surface area contributed by atoms with Crippen LogP contribution in [-0.2, 0) is 14.3 Å². The molecule has 3 heteroatoms. The second-order valence-corrected chi connectivity index (χ2v) is 6.19. The summed E-state index contributed by atoms with van der Waals surface area (Å²) in [6.07, 6.45) is 7.83. The van der Waals surface area contributed by atoms with Crippen molar-refractivity contribution in [2.75, 3.05) is 6.61 Å². The van der Waals surface area contributed by atoms with Gasteiger partial charge in [0.05, 0.1) is 18.6 Å². The van der Waals surface area contributed by atoms with Crippen LogP contribution in [0.2, 0.25) is 0 Å². The summed E-state index contributed by atoms with van der Waals surface area (Å²) in [4.78, 5) is 11.9. The number of rotatable bonds is 2. The van der Waals surface area contributed by atoms with Crippen molar-refractivity contribution in [3.05, 3.63) is 11.8 Å². The van der Waals surface area contributed by atoms with E-state index in [1.807, 2.05) is 6.92 Å². The molecule has 98 valence electrons. The summed E-state index contributed by atoms with van der Waals surface area (Å²) in [6.45, 7) is 2.63. The van der Waals surface area contributed by atoms with Gasteiger partial charge in [0.25, 0.3) is 0 Å². The zero-order valence-electron chi connectivity index (χ0n) is 10.9. The summed E-state index contributed by atoms with van der Waals surface area (Å²) in [5.41, 5.74) is -0.169. The molecular weight excluding hydrogens is 228 g/mol. The van der Waals surface area contributed by atoms with Gasteiger partial charge in [0.2, 0.25) is 0 Å². The maximum Gasteiger partial charge on any atom is 0.334 e. The van der Waals surface area contributed by atoms with Crippen LogP contribution in [-0.4, -0.2) is 18.2 Å². The maximum atomic E-state index is 11.9. The number of esters is 1. The molecule has 3 saturated carbocycles. The van der Waals surface area contributed by atoms with Gasteiger partial charge in [0.15, 0.2) is 0 Å². The quantitative estimate of drug-likeness (QED) is 0.705. The minimum absolute atomic E-state index is 0.169. The Hall–Kier alpha value is -0.990. The van der Waals surface area contributed by atoms with E-state index in [0.717, 1.165) is 18.1 Å². The van der Waals surface area contributed by atoms with Gasteiger partial charge in [-0.1, -0.05) is 6.42 Å². The molecule has 0 saturated heterocycles. The molecule has 0 N–H and O–H groups in total. The molecule has 0 bridgehead atoms. The lowest BCUT2D eigenvalue weighted by Gasteiger charge is -2.58. The molecule has 0 unspecified atom stereocenters. The first-order chi connectivity index (χ1) is 8.77. The van der Waals surface area contributed by atoms with Crippen LogP contribution in [0.3, 0.4) is 0 Å². The molecule has 1 spiro atoms. The van der Waals surface area contributed by atoms with Crippen LogP contribution in [0.1, 0.15) is 39.0 Å². The summed E-state index contributed by atoms with van der Waals surface area (Å²) in [5, 5.41) is 0. The third-order valence-corrected chi connectivity index (χ3v) is 5.75. The summed E-state index contributed by atoms with van der Waals surface area (Å²) < 4.78 is 11.6. The standard InChI is InChI=1S/C15H20O3/c1-2-17-13-8-14(16)18-15-10-5-3-4-9(10)11(15)6-7-12(13)15/h8-12H,2-7H2,1H3/t9-,10+,11+,12+,15+/m1/s1. The van der Waals surface area contributed by atoms with Crippen molar-refractivity contribution in [3.8, 4) is 0 Å². The van der Waals surface area contributed by atoms with E-state index in [-0.39, 0.29) is 11.6 Å². The van der Waals surface area contributed by atoms with Gasteiger partial charge in [0.1, 0.15) is 11.4 Å². The molecule has 0 aromatic carbocycles. The Morgan fingerprint density at radius 1 is 1.33 bits per heavy atom. The molecule has 0 radical (unpaired) electrons. The van der Waals surface area contributed by atoms with Crippen LogP contribution in [0.15, 0.2) is 11.8 Å². The van der Waals surface area contributed by atoms with Crippen LogP contribution in [0.5, 0.6) is 0 Å². The van der Waals surface area contributed by atoms with Crippen LogP contribution in [0, 0.1) is 23.7 Å². The highest BCUT2D eigenvalue weighted by molar-refractivity contribution is 5.84. The Morgan fingerprint density at radius 2 is 2.17 bits per heavy atom. The lowest BCUT2D eigenvalue weighted by Crippen LogP contribution is -2.64. The molecule has 3 nitrogen and oxygen atoms in total. The van der Waals surface area contributed by atoms with Crippen molar-refractivity contribution in [3.63, 3.8) is 0 Å². The van der Waals surface area contributed by atoms with Gasteiger partial charge in [-0.3, -0.25) is 0 Å². The maximum absolute atomic E-state index is 11.9. The zero-order chi connectivity index (χ0) is 12.3. The molecule has 5 atom stereocenters. The summed E-state index contributed by atoms with van der Waals surface area (Å²) >= 11 is 0. The van der Waals surface area contributed by atoms with Gasteiger partial charge < -0.3 is 9.47 Å². The minimum Gasteiger partial charge on any atom is -0.497 e. The number of carbonyl (C=O) groups excluding carboxylic acids is 1. The number of fused-ring (bicyclic) bond motifs is 2. The molecule has 4 rings (SSSR count). The number of ether oxygens (including phenoxy) is 2. The minimum atomic E-state index is -0.174. The molecule has 3 aliphatic carbocycles. The number of hydrogen-bond donors (Lipinski definition) is 0. The lowest BCUT2D eigenvalue weighted by molar-refractivity contribution is -0.224. The predicted molar refractivity (Wildman–Crippen MR) is 65.6 cm³/mol. The van der Waals surface area contributed by atoms with E-state index in [0.29, 0.717) is 24.4 Å². The van der Waals surface area contributed by atoms with Crippen molar-refractivity contribution in [2.45, 2.75) is 44.6 Å². The summed E-state index contributed by atoms with van der Waals surface area (Å²) in [5.74, 6) is 3.13. The molecular formula is C15H20O3. The van der Waals surface area contributed by atoms with E-state index < -0.39 is 0 Å². The Morgan fingerprint density at radius 3 is 3.00 bits per heavy atom. The van der Waals surface area contributed by atoms with Gasteiger partial charge in [-0.2, -0.15) is 0 Å². The van der Waals surface area contributed by atoms with Gasteiger partial charge >= 0.3 is 5.97 Å². The van der Waals surface area contributed by atoms with Crippen LogP contribution < -0.4 is 0 Å². The molecule has 1 aliphatic heterocycles. The first-order valence-electron chi connectivity index (χ1n) is 7.34. The Labute approximate surface area is 108 Å². The van der Waals surface area contributed by atoms with Gasteiger partial charge in [-0.15, -0.1) is 0 Å². The van der Waals surface area contributed by atoms with Crippen molar-refractivity contribution in [2.24, 2.45) is 23.7 Å². The second kappa shape index (κ2) is 3.52. The largest absolute Gasteiger partial charge is 0.497 e. The molecule has 0 aromatic rings. The Balaban J connectivity index is 1.73. The summed E-state index contributed by atoms with van der Waals surface area (Å²) in [7, 11) is 0. The van der Waals surface area contributed by atoms with Crippen molar-refractivity contribution in [1.82, 2.24) is 0 Å². The van der Waals surface area contributed by atoms with Crippen molar-refractivity contribution >= 4 is 5.97 Å². The predicted octanol–water partition coefficient (Wildman–Crippen LogP) is 2.66. The zero-order valence-corrected chi connectivity index (χ0v) is 10.9. The molecule has 0 aromatic heterocycles. The lowest BCUT2D eigenvalue weighted by atomic mass is 9.53. The highest BCUT2D eigenvalue weighted by Crippen LogP contribution is 2.70. The second-order valence-electron chi connectivity index (χ2n) is 6.19. The Kier molecular flexibility index (Phi) is 2.13. The van der Waals surface area contributed by atoms with Gasteiger partial charge in [0, 0.05) is 11.8 Å². The Bertz CT molecular complexity index is 419. The van der Waals surface area contributed by atoms with E-state index in [9.17, 15) is 4.79 Å². The van der Waals surface area contributed by atoms with Crippen LogP contribution in [0.25, 0.3) is 0 Å². The van der Waals surface area contributed by atoms with Gasteiger partial charge in [-0.25, -0.2) is 4.79 Å². The molecule has 3 fully saturated rings. The number of hydrogen-bond acceptors (Lipinski definition) is 3. The fraction of sp³-hybridized carbons (Fsp3) is 0.800. The molecule has 1 heterocycles. The van der Waals surface area contributed by atoms with E-state index in [1.54, 1.807) is 6.08 Å². The fourth-order valence-electron chi connectivity index (χ4n) is 5.37. The smallest absolute Gasteiger partial charge is 0.334 e. The topological polar surface area (TPSA) is 35.5 Å². The van der Waals surface area contributed by atoms with E-state index >= 15 is 0 Å². The third kappa shape index (κ3) is 1.09. The average molecular weight is 248 g/mol. The monoisotopic (exact) mass is 248 g/mol. The van der Waals surface area contributed by atoms with E-state index in [2.05, 4.69) is 0 Å². The normalized spacial score (nSPS) is 48.5. The first-order valence-corrected chi connectivity index (χ1v) is 7.34. The van der Waals surface area contributed by atoms with Crippen molar-refractivity contribution < 1.29 is 14.3 Å². The molecule has 4 aliphatic rings. The van der Waals surface area contributed by atoms with E-state index in [4.69, 9.17) is 9.47 Å². The number of carbonyl (C=O) groups is 1. The molecule has 0 amide bonds. The fourth-order valence-corrected chi connectivity index (χ4v) is 5.37. The average Bonchev–Trinajstić information content (AvgIpc) is 2.88. The highest BCUT2D eigenvalue weighted by atomic mass is 16.6. The van der Waals surface area contributed by atoms with Crippen molar-refractivity contribution in [1.29, 1.82) is 0 Å². The van der Waals surface area contributed by atoms with Crippen LogP contribution in [0.4, 0.5) is 0 Å². The third-order valence-electron chi connectivity index (χ3n) is 5.75. The van der Waals surface area contributed by atoms with Gasteiger partial charge in [-0.05, 0) is 38.5 Å². The van der Waals surface area contributed by atoms with Crippen LogP contribution >= 0.6 is 0 Å².